The Labute approximate surface area is 120 Å². The van der Waals surface area contributed by atoms with E-state index in [0.29, 0.717) is 5.88 Å². The molecular formula is C13H13ClN4S. The van der Waals surface area contributed by atoms with E-state index in [1.54, 1.807) is 11.3 Å². The Balaban J connectivity index is 2.13. The van der Waals surface area contributed by atoms with Gasteiger partial charge in [0.05, 0.1) is 17.4 Å². The second-order valence-corrected chi connectivity index (χ2v) is 5.98. The van der Waals surface area contributed by atoms with Crippen LogP contribution in [0.15, 0.2) is 18.5 Å². The summed E-state index contributed by atoms with van der Waals surface area (Å²) in [5.41, 5.74) is 2.94. The van der Waals surface area contributed by atoms with E-state index in [4.69, 9.17) is 11.6 Å². The van der Waals surface area contributed by atoms with Gasteiger partial charge in [-0.2, -0.15) is 0 Å². The molecule has 0 aromatic carbocycles. The van der Waals surface area contributed by atoms with Crippen molar-refractivity contribution in [2.45, 2.75) is 26.3 Å². The van der Waals surface area contributed by atoms with Gasteiger partial charge in [-0.05, 0) is 25.5 Å². The van der Waals surface area contributed by atoms with Crippen LogP contribution in [0.4, 0.5) is 0 Å². The molecule has 0 unspecified atom stereocenters. The fourth-order valence-corrected chi connectivity index (χ4v) is 3.07. The molecule has 0 bridgehead atoms. The molecule has 19 heavy (non-hydrogen) atoms. The van der Waals surface area contributed by atoms with Crippen LogP contribution in [-0.2, 0) is 12.4 Å². The van der Waals surface area contributed by atoms with Crippen LogP contribution in [-0.4, -0.2) is 19.5 Å². The maximum atomic E-state index is 6.00. The number of pyridine rings is 1. The van der Waals surface area contributed by atoms with Crippen LogP contribution in [0, 0.1) is 13.8 Å². The second-order valence-electron chi connectivity index (χ2n) is 4.39. The van der Waals surface area contributed by atoms with Crippen molar-refractivity contribution in [1.29, 1.82) is 0 Å². The summed E-state index contributed by atoms with van der Waals surface area (Å²) in [7, 11) is 0. The Bertz CT molecular complexity index is 731. The molecule has 0 fully saturated rings. The van der Waals surface area contributed by atoms with E-state index in [1.807, 2.05) is 32.3 Å². The molecule has 0 spiro atoms. The minimum absolute atomic E-state index is 0.383. The summed E-state index contributed by atoms with van der Waals surface area (Å²) < 4.78 is 2.07. The first-order chi connectivity index (χ1) is 9.19. The SMILES string of the molecule is Cc1ncc(Cn2c(CCl)nc3c(C)ccnc32)s1. The minimum Gasteiger partial charge on any atom is -0.306 e. The van der Waals surface area contributed by atoms with E-state index in [2.05, 4.69) is 19.5 Å². The molecule has 0 amide bonds. The molecule has 4 nitrogen and oxygen atoms in total. The molecule has 3 rings (SSSR count). The normalized spacial score (nSPS) is 11.3. The lowest BCUT2D eigenvalue weighted by molar-refractivity contribution is 0.779. The van der Waals surface area contributed by atoms with Crippen LogP contribution in [0.25, 0.3) is 11.2 Å². The molecule has 0 aliphatic carbocycles. The number of hydrogen-bond donors (Lipinski definition) is 0. The third-order valence-electron chi connectivity index (χ3n) is 3.02. The molecule has 98 valence electrons. The molecule has 3 aromatic rings. The summed E-state index contributed by atoms with van der Waals surface area (Å²) in [5.74, 6) is 1.23. The minimum atomic E-state index is 0.383. The summed E-state index contributed by atoms with van der Waals surface area (Å²) in [6.45, 7) is 4.77. The highest BCUT2D eigenvalue weighted by Gasteiger charge is 2.13. The van der Waals surface area contributed by atoms with Gasteiger partial charge in [-0.15, -0.1) is 22.9 Å². The van der Waals surface area contributed by atoms with Gasteiger partial charge in [0.2, 0.25) is 0 Å². The summed E-state index contributed by atoms with van der Waals surface area (Å²) in [5, 5.41) is 1.07. The Morgan fingerprint density at radius 2 is 2.16 bits per heavy atom. The lowest BCUT2D eigenvalue weighted by atomic mass is 10.3. The van der Waals surface area contributed by atoms with Crippen molar-refractivity contribution in [3.05, 3.63) is 39.7 Å². The quantitative estimate of drug-likeness (QED) is 0.696. The first-order valence-electron chi connectivity index (χ1n) is 5.97. The van der Waals surface area contributed by atoms with Crippen molar-refractivity contribution in [1.82, 2.24) is 19.5 Å². The molecule has 0 N–H and O–H groups in total. The molecule has 3 heterocycles. The van der Waals surface area contributed by atoms with Crippen LogP contribution in [0.5, 0.6) is 0 Å². The van der Waals surface area contributed by atoms with E-state index in [-0.39, 0.29) is 0 Å². The number of fused-ring (bicyclic) bond motifs is 1. The molecule has 0 saturated carbocycles. The molecule has 6 heteroatoms. The van der Waals surface area contributed by atoms with Gasteiger partial charge in [0, 0.05) is 17.3 Å². The summed E-state index contributed by atoms with van der Waals surface area (Å²) in [6.07, 6.45) is 3.71. The van der Waals surface area contributed by atoms with Gasteiger partial charge in [0.1, 0.15) is 11.3 Å². The Kier molecular flexibility index (Phi) is 3.24. The molecule has 0 aliphatic rings. The lowest BCUT2D eigenvalue weighted by Crippen LogP contribution is -2.03. The predicted octanol–water partition coefficient (Wildman–Crippen LogP) is 3.29. The topological polar surface area (TPSA) is 43.6 Å². The third kappa shape index (κ3) is 2.24. The predicted molar refractivity (Wildman–Crippen MR) is 77.8 cm³/mol. The summed E-state index contributed by atoms with van der Waals surface area (Å²) in [6, 6.07) is 1.97. The highest BCUT2D eigenvalue weighted by Crippen LogP contribution is 2.21. The number of thiazole rings is 1. The fourth-order valence-electron chi connectivity index (χ4n) is 2.09. The smallest absolute Gasteiger partial charge is 0.160 e. The fraction of sp³-hybridized carbons (Fsp3) is 0.308. The average Bonchev–Trinajstić information content (AvgIpc) is 2.96. The molecule has 0 aliphatic heterocycles. The van der Waals surface area contributed by atoms with Crippen LogP contribution >= 0.6 is 22.9 Å². The molecule has 0 radical (unpaired) electrons. The maximum Gasteiger partial charge on any atom is 0.160 e. The van der Waals surface area contributed by atoms with E-state index in [9.17, 15) is 0 Å². The van der Waals surface area contributed by atoms with E-state index in [0.717, 1.165) is 34.1 Å². The molecule has 0 atom stereocenters. The van der Waals surface area contributed by atoms with Crippen molar-refractivity contribution in [3.8, 4) is 0 Å². The van der Waals surface area contributed by atoms with Gasteiger partial charge >= 0.3 is 0 Å². The van der Waals surface area contributed by atoms with Gasteiger partial charge in [-0.25, -0.2) is 15.0 Å². The summed E-state index contributed by atoms with van der Waals surface area (Å²) >= 11 is 7.69. The monoisotopic (exact) mass is 292 g/mol. The van der Waals surface area contributed by atoms with E-state index < -0.39 is 0 Å². The number of imidazole rings is 1. The van der Waals surface area contributed by atoms with Gasteiger partial charge in [0.25, 0.3) is 0 Å². The Morgan fingerprint density at radius 1 is 1.32 bits per heavy atom. The van der Waals surface area contributed by atoms with Crippen molar-refractivity contribution in [2.75, 3.05) is 0 Å². The molecule has 0 saturated heterocycles. The zero-order chi connectivity index (χ0) is 13.4. The number of halogens is 1. The summed E-state index contributed by atoms with van der Waals surface area (Å²) in [4.78, 5) is 14.5. The molecular weight excluding hydrogens is 280 g/mol. The second kappa shape index (κ2) is 4.90. The van der Waals surface area contributed by atoms with Crippen LogP contribution in [0.2, 0.25) is 0 Å². The van der Waals surface area contributed by atoms with Crippen LogP contribution < -0.4 is 0 Å². The number of aryl methyl sites for hydroxylation is 2. The Hall–Kier alpha value is -1.46. The van der Waals surface area contributed by atoms with Gasteiger partial charge in [0.15, 0.2) is 5.65 Å². The van der Waals surface area contributed by atoms with Crippen molar-refractivity contribution >= 4 is 34.1 Å². The maximum absolute atomic E-state index is 6.00. The van der Waals surface area contributed by atoms with E-state index >= 15 is 0 Å². The average molecular weight is 293 g/mol. The highest BCUT2D eigenvalue weighted by atomic mass is 35.5. The van der Waals surface area contributed by atoms with Crippen molar-refractivity contribution in [3.63, 3.8) is 0 Å². The molecule has 3 aromatic heterocycles. The zero-order valence-corrected chi connectivity index (χ0v) is 12.3. The number of rotatable bonds is 3. The number of nitrogens with zero attached hydrogens (tertiary/aromatic N) is 4. The van der Waals surface area contributed by atoms with Crippen molar-refractivity contribution < 1.29 is 0 Å². The number of hydrogen-bond acceptors (Lipinski definition) is 4. The largest absolute Gasteiger partial charge is 0.306 e. The Morgan fingerprint density at radius 3 is 2.84 bits per heavy atom. The lowest BCUT2D eigenvalue weighted by Gasteiger charge is -2.04. The van der Waals surface area contributed by atoms with Crippen molar-refractivity contribution in [2.24, 2.45) is 0 Å². The number of aromatic nitrogens is 4. The van der Waals surface area contributed by atoms with Gasteiger partial charge < -0.3 is 4.57 Å². The highest BCUT2D eigenvalue weighted by molar-refractivity contribution is 7.11. The van der Waals surface area contributed by atoms with Gasteiger partial charge in [-0.3, -0.25) is 0 Å². The first kappa shape index (κ1) is 12.6. The number of alkyl halides is 1. The standard InChI is InChI=1S/C13H13ClN4S/c1-8-3-4-15-13-12(8)17-11(5-14)18(13)7-10-6-16-9(2)19-10/h3-4,6H,5,7H2,1-2H3. The van der Waals surface area contributed by atoms with Gasteiger partial charge in [-0.1, -0.05) is 0 Å². The third-order valence-corrected chi connectivity index (χ3v) is 4.15. The zero-order valence-electron chi connectivity index (χ0n) is 10.7. The first-order valence-corrected chi connectivity index (χ1v) is 7.32. The van der Waals surface area contributed by atoms with E-state index in [1.165, 1.54) is 4.88 Å². The van der Waals surface area contributed by atoms with Crippen LogP contribution in [0.1, 0.15) is 21.3 Å². The van der Waals surface area contributed by atoms with Crippen LogP contribution in [0.3, 0.4) is 0 Å².